The van der Waals surface area contributed by atoms with Gasteiger partial charge >= 0.3 is 0 Å². The van der Waals surface area contributed by atoms with Gasteiger partial charge in [0.1, 0.15) is 12.4 Å². The van der Waals surface area contributed by atoms with Crippen LogP contribution >= 0.6 is 12.4 Å². The van der Waals surface area contributed by atoms with Gasteiger partial charge in [0.25, 0.3) is 5.91 Å². The smallest absolute Gasteiger partial charge is 0.265 e. The first-order chi connectivity index (χ1) is 13.7. The first-order valence-electron chi connectivity index (χ1n) is 9.23. The van der Waals surface area contributed by atoms with E-state index in [1.807, 2.05) is 17.1 Å². The zero-order valence-corrected chi connectivity index (χ0v) is 16.5. The summed E-state index contributed by atoms with van der Waals surface area (Å²) < 4.78 is 24.8. The third kappa shape index (κ3) is 4.62. The van der Waals surface area contributed by atoms with Crippen molar-refractivity contribution in [1.82, 2.24) is 15.8 Å². The van der Waals surface area contributed by atoms with Crippen LogP contribution in [0.2, 0.25) is 0 Å². The molecule has 0 saturated carbocycles. The van der Waals surface area contributed by atoms with Crippen LogP contribution in [0.3, 0.4) is 0 Å². The third-order valence-electron chi connectivity index (χ3n) is 4.87. The molecule has 2 atom stereocenters. The number of rotatable bonds is 4. The van der Waals surface area contributed by atoms with Gasteiger partial charge in [0.15, 0.2) is 17.6 Å². The summed E-state index contributed by atoms with van der Waals surface area (Å²) in [5.41, 5.74) is 4.20. The molecule has 4 rings (SSSR count). The Kier molecular flexibility index (Phi) is 6.92. The van der Waals surface area contributed by atoms with Crippen LogP contribution in [0.25, 0.3) is 0 Å². The number of fused-ring (bicyclic) bond motifs is 1. The molecule has 156 valence electrons. The molecule has 7 nitrogen and oxygen atoms in total. The predicted octanol–water partition coefficient (Wildman–Crippen LogP) is 1.67. The van der Waals surface area contributed by atoms with Crippen molar-refractivity contribution in [3.05, 3.63) is 59.4 Å². The van der Waals surface area contributed by atoms with Gasteiger partial charge in [-0.05, 0) is 30.3 Å². The molecule has 2 heterocycles. The Bertz CT molecular complexity index is 852. The zero-order valence-electron chi connectivity index (χ0n) is 15.6. The normalized spacial score (nSPS) is 21.2. The molecule has 0 radical (unpaired) electrons. The lowest BCUT2D eigenvalue weighted by atomic mass is 10.0. The number of hydrazine groups is 1. The van der Waals surface area contributed by atoms with E-state index >= 15 is 0 Å². The number of ether oxygens (including phenoxy) is 2. The number of nitrogens with zero attached hydrogens (tertiary/aromatic N) is 1. The van der Waals surface area contributed by atoms with Crippen molar-refractivity contribution in [2.24, 2.45) is 0 Å². The largest absolute Gasteiger partial charge is 0.485 e. The fraction of sp³-hybridized carbons (Fsp3) is 0.350. The third-order valence-corrected chi connectivity index (χ3v) is 4.87. The summed E-state index contributed by atoms with van der Waals surface area (Å²) in [6, 6.07) is 10.9. The van der Waals surface area contributed by atoms with E-state index in [0.29, 0.717) is 30.2 Å². The van der Waals surface area contributed by atoms with Gasteiger partial charge in [0.05, 0.1) is 12.6 Å². The molecule has 0 aliphatic carbocycles. The first kappa shape index (κ1) is 21.3. The van der Waals surface area contributed by atoms with Crippen molar-refractivity contribution >= 4 is 18.3 Å². The number of carbonyl (C=O) groups is 1. The van der Waals surface area contributed by atoms with Gasteiger partial charge in [-0.25, -0.2) is 9.40 Å². The molecular weight excluding hydrogens is 401 g/mol. The Hall–Kier alpha value is -2.39. The average molecular weight is 424 g/mol. The van der Waals surface area contributed by atoms with Crippen molar-refractivity contribution in [1.29, 1.82) is 0 Å². The summed E-state index contributed by atoms with van der Waals surface area (Å²) >= 11 is 0. The van der Waals surface area contributed by atoms with E-state index in [1.54, 1.807) is 6.07 Å². The van der Waals surface area contributed by atoms with Gasteiger partial charge in [-0.15, -0.1) is 12.4 Å². The summed E-state index contributed by atoms with van der Waals surface area (Å²) in [5.74, 6) is 0.528. The van der Waals surface area contributed by atoms with E-state index < -0.39 is 0 Å². The number of aliphatic hydroxyl groups is 1. The van der Waals surface area contributed by atoms with Crippen molar-refractivity contribution in [2.45, 2.75) is 12.1 Å². The fourth-order valence-electron chi connectivity index (χ4n) is 3.43. The summed E-state index contributed by atoms with van der Waals surface area (Å²) in [7, 11) is 0. The number of carbonyl (C=O) groups excluding carboxylic acids is 1. The number of piperazine rings is 1. The topological polar surface area (TPSA) is 83.1 Å². The second-order valence-corrected chi connectivity index (χ2v) is 6.77. The maximum absolute atomic E-state index is 13.1. The quantitative estimate of drug-likeness (QED) is 0.694. The molecule has 0 spiro atoms. The van der Waals surface area contributed by atoms with E-state index in [1.165, 1.54) is 24.3 Å². The molecule has 2 unspecified atom stereocenters. The number of aliphatic hydroxyl groups excluding tert-OH is 1. The Morgan fingerprint density at radius 2 is 2.07 bits per heavy atom. The van der Waals surface area contributed by atoms with E-state index in [4.69, 9.17) is 9.47 Å². The van der Waals surface area contributed by atoms with Gasteiger partial charge < -0.3 is 19.9 Å². The van der Waals surface area contributed by atoms with E-state index in [-0.39, 0.29) is 49.5 Å². The van der Waals surface area contributed by atoms with Gasteiger partial charge in [-0.3, -0.25) is 10.2 Å². The Morgan fingerprint density at radius 3 is 2.83 bits per heavy atom. The molecule has 1 amide bonds. The molecule has 1 fully saturated rings. The summed E-state index contributed by atoms with van der Waals surface area (Å²) in [6.45, 7) is 2.09. The minimum Gasteiger partial charge on any atom is -0.485 e. The maximum Gasteiger partial charge on any atom is 0.265 e. The van der Waals surface area contributed by atoms with Crippen LogP contribution in [0.4, 0.5) is 4.39 Å². The summed E-state index contributed by atoms with van der Waals surface area (Å²) in [4.78, 5) is 12.6. The standard InChI is InChI=1S/C20H22FN3O4.ClH/c21-14-6-4-13(5-7-14)20(26)23-24-9-8-22-10-17(24)16-2-1-3-18-19(16)27-12-15(11-25)28-18;/h1-7,15,17,22,25H,8-12H2,(H,23,26);1H. The Labute approximate surface area is 174 Å². The highest BCUT2D eigenvalue weighted by molar-refractivity contribution is 5.93. The molecular formula is C20H23ClFN3O4. The molecule has 0 bridgehead atoms. The molecule has 0 aromatic heterocycles. The van der Waals surface area contributed by atoms with Crippen molar-refractivity contribution in [3.63, 3.8) is 0 Å². The molecule has 2 aliphatic heterocycles. The van der Waals surface area contributed by atoms with Gasteiger partial charge in [-0.1, -0.05) is 12.1 Å². The lowest BCUT2D eigenvalue weighted by Crippen LogP contribution is -2.54. The van der Waals surface area contributed by atoms with Crippen LogP contribution in [0.15, 0.2) is 42.5 Å². The Morgan fingerprint density at radius 1 is 1.28 bits per heavy atom. The highest BCUT2D eigenvalue weighted by atomic mass is 35.5. The number of benzene rings is 2. The highest BCUT2D eigenvalue weighted by Crippen LogP contribution is 2.39. The molecule has 2 aromatic carbocycles. The molecule has 29 heavy (non-hydrogen) atoms. The number of hydrogen-bond acceptors (Lipinski definition) is 6. The van der Waals surface area contributed by atoms with Crippen molar-refractivity contribution < 1.29 is 23.8 Å². The minimum atomic E-state index is -0.387. The highest BCUT2D eigenvalue weighted by Gasteiger charge is 2.31. The number of amides is 1. The van der Waals surface area contributed by atoms with Gasteiger partial charge in [0, 0.05) is 30.8 Å². The summed E-state index contributed by atoms with van der Waals surface area (Å²) in [5, 5.41) is 14.5. The van der Waals surface area contributed by atoms with Crippen LogP contribution in [-0.2, 0) is 0 Å². The molecule has 9 heteroatoms. The van der Waals surface area contributed by atoms with Crippen molar-refractivity contribution in [2.75, 3.05) is 32.8 Å². The fourth-order valence-corrected chi connectivity index (χ4v) is 3.43. The Balaban J connectivity index is 0.00000240. The van der Waals surface area contributed by atoms with Crippen molar-refractivity contribution in [3.8, 4) is 11.5 Å². The predicted molar refractivity (Wildman–Crippen MR) is 107 cm³/mol. The monoisotopic (exact) mass is 423 g/mol. The van der Waals surface area contributed by atoms with E-state index in [9.17, 15) is 14.3 Å². The molecule has 2 aromatic rings. The SMILES string of the molecule is Cl.O=C(NN1CCNCC1c1cccc2c1OCC(CO)O2)c1ccc(F)cc1. The van der Waals surface area contributed by atoms with E-state index in [2.05, 4.69) is 10.7 Å². The zero-order chi connectivity index (χ0) is 19.5. The molecule has 3 N–H and O–H groups in total. The van der Waals surface area contributed by atoms with Crippen LogP contribution in [0.5, 0.6) is 11.5 Å². The van der Waals surface area contributed by atoms with Gasteiger partial charge in [-0.2, -0.15) is 0 Å². The first-order valence-corrected chi connectivity index (χ1v) is 9.23. The van der Waals surface area contributed by atoms with Crippen LogP contribution < -0.4 is 20.2 Å². The molecule has 1 saturated heterocycles. The lowest BCUT2D eigenvalue weighted by molar-refractivity contribution is 0.0399. The number of para-hydroxylation sites is 1. The maximum atomic E-state index is 13.1. The van der Waals surface area contributed by atoms with Crippen LogP contribution in [0.1, 0.15) is 22.0 Å². The second kappa shape index (κ2) is 9.41. The number of halogens is 2. The molecule has 2 aliphatic rings. The minimum absolute atomic E-state index is 0. The van der Waals surface area contributed by atoms with Crippen LogP contribution in [0, 0.1) is 5.82 Å². The van der Waals surface area contributed by atoms with Crippen LogP contribution in [-0.4, -0.2) is 55.0 Å². The second-order valence-electron chi connectivity index (χ2n) is 6.77. The summed E-state index contributed by atoms with van der Waals surface area (Å²) in [6.07, 6.45) is -0.387. The number of nitrogens with one attached hydrogen (secondary N) is 2. The van der Waals surface area contributed by atoms with Gasteiger partial charge in [0.2, 0.25) is 0 Å². The number of hydrogen-bond donors (Lipinski definition) is 3. The lowest BCUT2D eigenvalue weighted by Gasteiger charge is -2.38. The average Bonchev–Trinajstić information content (AvgIpc) is 2.73. The van der Waals surface area contributed by atoms with E-state index in [0.717, 1.165) is 12.1 Å².